The Labute approximate surface area is 148 Å². The molecule has 3 N–H and O–H groups in total. The Balaban J connectivity index is 1.83. The molecule has 2 fully saturated rings. The molecule has 4 unspecified atom stereocenters. The van der Waals surface area contributed by atoms with Crippen molar-refractivity contribution in [2.75, 3.05) is 33.5 Å². The second-order valence-corrected chi connectivity index (χ2v) is 7.83. The van der Waals surface area contributed by atoms with Gasteiger partial charge in [0.05, 0.1) is 26.4 Å². The largest absolute Gasteiger partial charge is 0.695 e. The molecule has 10 nitrogen and oxygen atoms in total. The van der Waals surface area contributed by atoms with Crippen LogP contribution in [0.15, 0.2) is 0 Å². The molecule has 8 atom stereocenters. The first-order chi connectivity index (χ1) is 11.7. The first kappa shape index (κ1) is 21.5. The fraction of sp³-hybridized carbons (Fsp3) is 1.00. The number of rotatable bonds is 9. The summed E-state index contributed by atoms with van der Waals surface area (Å²) in [6, 6.07) is 0. The van der Waals surface area contributed by atoms with Crippen molar-refractivity contribution in [3.05, 3.63) is 0 Å². The molecule has 146 valence electrons. The van der Waals surface area contributed by atoms with Gasteiger partial charge in [-0.2, -0.15) is 0 Å². The Hall–Kier alpha value is 0.170. The van der Waals surface area contributed by atoms with Crippen LogP contribution in [-0.4, -0.2) is 84.3 Å². The van der Waals surface area contributed by atoms with Crippen LogP contribution in [0.25, 0.3) is 0 Å². The van der Waals surface area contributed by atoms with E-state index in [2.05, 4.69) is 0 Å². The summed E-state index contributed by atoms with van der Waals surface area (Å²) < 4.78 is 43.1. The molecule has 0 radical (unpaired) electrons. The number of ether oxygens (including phenoxy) is 3. The summed E-state index contributed by atoms with van der Waals surface area (Å²) in [5.41, 5.74) is -2.08. The minimum absolute atomic E-state index is 0.00347. The van der Waals surface area contributed by atoms with Gasteiger partial charge >= 0.3 is 8.25 Å². The van der Waals surface area contributed by atoms with Crippen molar-refractivity contribution in [1.82, 2.24) is 0 Å². The normalized spacial score (nSPS) is 42.6. The summed E-state index contributed by atoms with van der Waals surface area (Å²) in [6.07, 6.45) is -2.72. The molecule has 2 aliphatic rings. The van der Waals surface area contributed by atoms with E-state index in [-0.39, 0.29) is 26.4 Å². The van der Waals surface area contributed by atoms with Crippen molar-refractivity contribution in [3.8, 4) is 0 Å². The zero-order valence-corrected chi connectivity index (χ0v) is 16.2. The average Bonchev–Trinajstić information content (AvgIpc) is 3.02. The molecule has 0 aromatic rings. The van der Waals surface area contributed by atoms with Crippen LogP contribution in [0.4, 0.5) is 0 Å². The molecule has 0 amide bonds. The lowest BCUT2D eigenvalue weighted by molar-refractivity contribution is -0.0592. The van der Waals surface area contributed by atoms with Crippen molar-refractivity contribution >= 4 is 17.3 Å². The van der Waals surface area contributed by atoms with E-state index < -0.39 is 52.9 Å². The Morgan fingerprint density at radius 3 is 2.52 bits per heavy atom. The molecule has 25 heavy (non-hydrogen) atoms. The lowest BCUT2D eigenvalue weighted by atomic mass is 9.99. The maximum absolute atomic E-state index is 10.9. The molecule has 12 heteroatoms. The standard InChI is InChI=1S/C13H24O10P2/c1-12(15)6-19-9(10(12)23-25(16)17)5-21-24-22-11-8(4-14)20-7-13(11,2)18-3/h8-11,14-15,24H,4-7H2,1-3H3/p+1/t8-,9-,10?,11?,12-,13+/m1/s1. The highest BCUT2D eigenvalue weighted by atomic mass is 31.1. The van der Waals surface area contributed by atoms with Crippen molar-refractivity contribution in [3.63, 3.8) is 0 Å². The maximum Gasteiger partial charge on any atom is 0.695 e. The molecule has 0 spiro atoms. The molecule has 0 aromatic carbocycles. The summed E-state index contributed by atoms with van der Waals surface area (Å²) >= 11 is 0. The molecule has 0 saturated carbocycles. The highest BCUT2D eigenvalue weighted by Gasteiger charge is 2.51. The summed E-state index contributed by atoms with van der Waals surface area (Å²) in [5.74, 6) is 0. The second-order valence-electron chi connectivity index (χ2n) is 6.45. The maximum atomic E-state index is 10.9. The van der Waals surface area contributed by atoms with E-state index in [1.54, 1.807) is 0 Å². The van der Waals surface area contributed by atoms with Gasteiger partial charge in [-0.15, -0.1) is 9.42 Å². The van der Waals surface area contributed by atoms with Crippen molar-refractivity contribution in [2.45, 2.75) is 49.5 Å². The second kappa shape index (κ2) is 8.91. The average molecular weight is 403 g/mol. The Bertz CT molecular complexity index is 464. The van der Waals surface area contributed by atoms with Crippen LogP contribution in [0, 0.1) is 0 Å². The van der Waals surface area contributed by atoms with Gasteiger partial charge in [0, 0.05) is 11.7 Å². The van der Waals surface area contributed by atoms with Crippen LogP contribution in [0.2, 0.25) is 0 Å². The van der Waals surface area contributed by atoms with Gasteiger partial charge in [-0.05, 0) is 13.8 Å². The third kappa shape index (κ3) is 5.12. The van der Waals surface area contributed by atoms with E-state index in [0.717, 1.165) is 0 Å². The van der Waals surface area contributed by atoms with Gasteiger partial charge in [-0.3, -0.25) is 0 Å². The zero-order chi connectivity index (χ0) is 18.7. The Morgan fingerprint density at radius 1 is 1.24 bits per heavy atom. The zero-order valence-electron chi connectivity index (χ0n) is 14.3. The van der Waals surface area contributed by atoms with Crippen LogP contribution in [0.5, 0.6) is 0 Å². The first-order valence-corrected chi connectivity index (χ1v) is 9.65. The molecule has 0 aromatic heterocycles. The summed E-state index contributed by atoms with van der Waals surface area (Å²) in [7, 11) is -1.75. The molecule has 2 rings (SSSR count). The fourth-order valence-corrected chi connectivity index (χ4v) is 4.18. The molecule has 2 aliphatic heterocycles. The SMILES string of the molecule is CO[C@@]1(C)CO[C@H](CO)C1OPOC[C@H]1OC[C@@](C)(O)C1O[P+](=O)O. The van der Waals surface area contributed by atoms with E-state index >= 15 is 0 Å². The smallest absolute Gasteiger partial charge is 0.394 e. The fourth-order valence-electron chi connectivity index (χ4n) is 2.82. The van der Waals surface area contributed by atoms with Gasteiger partial charge in [0.1, 0.15) is 29.5 Å². The minimum atomic E-state index is -2.88. The molecule has 0 bridgehead atoms. The Kier molecular flexibility index (Phi) is 7.65. The lowest BCUT2D eigenvalue weighted by Gasteiger charge is -2.29. The third-order valence-electron chi connectivity index (χ3n) is 4.40. The topological polar surface area (TPSA) is 133 Å². The molecular weight excluding hydrogens is 378 g/mol. The van der Waals surface area contributed by atoms with Gasteiger partial charge in [0.15, 0.2) is 15.1 Å². The van der Waals surface area contributed by atoms with Gasteiger partial charge < -0.3 is 33.5 Å². The number of methoxy groups -OCH3 is 1. The van der Waals surface area contributed by atoms with E-state index in [9.17, 15) is 14.8 Å². The predicted octanol–water partition coefficient (Wildman–Crippen LogP) is -0.122. The molecule has 2 heterocycles. The van der Waals surface area contributed by atoms with Gasteiger partial charge in [-0.1, -0.05) is 0 Å². The van der Waals surface area contributed by atoms with E-state index in [1.807, 2.05) is 6.92 Å². The molecule has 2 saturated heterocycles. The minimum Gasteiger partial charge on any atom is -0.394 e. The number of hydrogen-bond donors (Lipinski definition) is 3. The van der Waals surface area contributed by atoms with Crippen LogP contribution in [0.1, 0.15) is 13.8 Å². The number of hydrogen-bond acceptors (Lipinski definition) is 9. The number of aliphatic hydroxyl groups excluding tert-OH is 1. The predicted molar refractivity (Wildman–Crippen MR) is 86.4 cm³/mol. The summed E-state index contributed by atoms with van der Waals surface area (Å²) in [4.78, 5) is 8.92. The summed E-state index contributed by atoms with van der Waals surface area (Å²) in [6.45, 7) is 3.32. The number of aliphatic hydroxyl groups is 2. The van der Waals surface area contributed by atoms with E-state index in [1.165, 1.54) is 14.0 Å². The quantitative estimate of drug-likeness (QED) is 0.353. The first-order valence-electron chi connectivity index (χ1n) is 7.70. The van der Waals surface area contributed by atoms with Gasteiger partial charge in [-0.25, -0.2) is 0 Å². The third-order valence-corrected chi connectivity index (χ3v) is 5.44. The highest BCUT2D eigenvalue weighted by Crippen LogP contribution is 2.37. The van der Waals surface area contributed by atoms with Gasteiger partial charge in [0.25, 0.3) is 0 Å². The van der Waals surface area contributed by atoms with Crippen molar-refractivity contribution in [1.29, 1.82) is 0 Å². The highest BCUT2D eigenvalue weighted by molar-refractivity contribution is 7.32. The molecule has 0 aliphatic carbocycles. The van der Waals surface area contributed by atoms with Crippen LogP contribution < -0.4 is 0 Å². The van der Waals surface area contributed by atoms with Crippen LogP contribution in [0.3, 0.4) is 0 Å². The van der Waals surface area contributed by atoms with Crippen molar-refractivity contribution in [2.24, 2.45) is 0 Å². The lowest BCUT2D eigenvalue weighted by Crippen LogP contribution is -2.44. The van der Waals surface area contributed by atoms with E-state index in [4.69, 9.17) is 32.7 Å². The van der Waals surface area contributed by atoms with E-state index in [0.29, 0.717) is 0 Å². The summed E-state index contributed by atoms with van der Waals surface area (Å²) in [5, 5.41) is 19.5. The van der Waals surface area contributed by atoms with Crippen LogP contribution in [-0.2, 0) is 32.3 Å². The molecular formula is C13H25O10P2+. The van der Waals surface area contributed by atoms with Crippen molar-refractivity contribution < 1.29 is 47.5 Å². The monoisotopic (exact) mass is 403 g/mol. The van der Waals surface area contributed by atoms with Gasteiger partial charge in [0.2, 0.25) is 0 Å². The van der Waals surface area contributed by atoms with Crippen LogP contribution >= 0.6 is 17.3 Å². The Morgan fingerprint density at radius 2 is 1.92 bits per heavy atom.